The van der Waals surface area contributed by atoms with Crippen molar-refractivity contribution in [2.45, 2.75) is 12.8 Å². The summed E-state index contributed by atoms with van der Waals surface area (Å²) in [5, 5.41) is 0. The van der Waals surface area contributed by atoms with E-state index in [9.17, 15) is 9.36 Å². The summed E-state index contributed by atoms with van der Waals surface area (Å²) in [7, 11) is -2.06. The quantitative estimate of drug-likeness (QED) is 0.740. The Morgan fingerprint density at radius 3 is 2.60 bits per heavy atom. The number of hydrogen-bond donors (Lipinski definition) is 0. The number of para-hydroxylation sites is 1. The number of carbonyl (C=O) groups excluding carboxylic acids is 1. The van der Waals surface area contributed by atoms with E-state index in [-0.39, 0.29) is 5.91 Å². The zero-order chi connectivity index (χ0) is 10.7. The SMILES string of the molecule is O=C1CCCN1[P+](=O)Oc1ccccc1. The predicted octanol–water partition coefficient (Wildman–Crippen LogP) is 2.35. The van der Waals surface area contributed by atoms with Crippen LogP contribution in [-0.4, -0.2) is 17.1 Å². The largest absolute Gasteiger partial charge is 0.699 e. The van der Waals surface area contributed by atoms with Gasteiger partial charge in [-0.2, -0.15) is 0 Å². The van der Waals surface area contributed by atoms with Gasteiger partial charge in [-0.15, -0.1) is 0 Å². The van der Waals surface area contributed by atoms with Crippen LogP contribution in [0.4, 0.5) is 0 Å². The molecule has 15 heavy (non-hydrogen) atoms. The maximum absolute atomic E-state index is 11.7. The van der Waals surface area contributed by atoms with Gasteiger partial charge < -0.3 is 0 Å². The number of rotatable bonds is 3. The van der Waals surface area contributed by atoms with E-state index in [4.69, 9.17) is 4.52 Å². The van der Waals surface area contributed by atoms with E-state index in [1.165, 1.54) is 4.67 Å². The minimum absolute atomic E-state index is 0.0907. The van der Waals surface area contributed by atoms with Crippen LogP contribution in [0.1, 0.15) is 12.8 Å². The van der Waals surface area contributed by atoms with Gasteiger partial charge >= 0.3 is 8.18 Å². The molecule has 0 aromatic heterocycles. The summed E-state index contributed by atoms with van der Waals surface area (Å²) in [5.41, 5.74) is 0. The summed E-state index contributed by atoms with van der Waals surface area (Å²) >= 11 is 0. The molecule has 1 aliphatic heterocycles. The standard InChI is InChI=1S/C10H11NO3P/c12-10-7-4-8-11(10)15(13)14-9-5-2-1-3-6-9/h1-3,5-6H,4,7-8H2/q+1. The lowest BCUT2D eigenvalue weighted by Gasteiger charge is -1.99. The Kier molecular flexibility index (Phi) is 2.97. The molecule has 78 valence electrons. The van der Waals surface area contributed by atoms with Crippen molar-refractivity contribution in [3.8, 4) is 5.75 Å². The molecule has 1 saturated heterocycles. The molecule has 0 spiro atoms. The first-order valence-corrected chi connectivity index (χ1v) is 5.91. The van der Waals surface area contributed by atoms with Gasteiger partial charge in [0.05, 0.1) is 6.54 Å². The molecule has 0 saturated carbocycles. The Bertz CT molecular complexity index is 380. The highest BCUT2D eigenvalue weighted by molar-refractivity contribution is 7.37. The lowest BCUT2D eigenvalue weighted by molar-refractivity contribution is -0.123. The molecule has 1 fully saturated rings. The van der Waals surface area contributed by atoms with Crippen LogP contribution < -0.4 is 4.52 Å². The zero-order valence-electron chi connectivity index (χ0n) is 8.13. The lowest BCUT2D eigenvalue weighted by Crippen LogP contribution is -2.17. The molecular weight excluding hydrogens is 213 g/mol. The van der Waals surface area contributed by atoms with Crippen molar-refractivity contribution in [3.63, 3.8) is 0 Å². The van der Waals surface area contributed by atoms with E-state index in [1.54, 1.807) is 24.3 Å². The van der Waals surface area contributed by atoms with Crippen LogP contribution in [-0.2, 0) is 9.36 Å². The maximum atomic E-state index is 11.7. The molecule has 1 atom stereocenters. The van der Waals surface area contributed by atoms with Crippen LogP contribution in [0.15, 0.2) is 30.3 Å². The van der Waals surface area contributed by atoms with Crippen LogP contribution in [0.3, 0.4) is 0 Å². The van der Waals surface area contributed by atoms with E-state index in [2.05, 4.69) is 0 Å². The first-order chi connectivity index (χ1) is 7.27. The number of hydrogen-bond acceptors (Lipinski definition) is 3. The fourth-order valence-corrected chi connectivity index (χ4v) is 2.41. The van der Waals surface area contributed by atoms with Gasteiger partial charge in [-0.1, -0.05) is 22.9 Å². The Morgan fingerprint density at radius 2 is 2.00 bits per heavy atom. The second-order valence-corrected chi connectivity index (χ2v) is 4.40. The summed E-state index contributed by atoms with van der Waals surface area (Å²) in [4.78, 5) is 11.3. The molecule has 2 rings (SSSR count). The van der Waals surface area contributed by atoms with E-state index >= 15 is 0 Å². The first kappa shape index (κ1) is 10.1. The van der Waals surface area contributed by atoms with Crippen LogP contribution in [0.5, 0.6) is 5.75 Å². The monoisotopic (exact) mass is 224 g/mol. The van der Waals surface area contributed by atoms with Gasteiger partial charge in [0.2, 0.25) is 0 Å². The molecule has 1 unspecified atom stereocenters. The van der Waals surface area contributed by atoms with E-state index in [0.717, 1.165) is 6.42 Å². The van der Waals surface area contributed by atoms with Crippen molar-refractivity contribution < 1.29 is 13.9 Å². The Balaban J connectivity index is 2.01. The minimum Gasteiger partial charge on any atom is -0.271 e. The Labute approximate surface area is 88.8 Å². The van der Waals surface area contributed by atoms with Crippen LogP contribution in [0, 0.1) is 0 Å². The molecule has 1 heterocycles. The molecule has 0 radical (unpaired) electrons. The molecule has 0 bridgehead atoms. The lowest BCUT2D eigenvalue weighted by atomic mass is 10.3. The molecule has 1 amide bonds. The van der Waals surface area contributed by atoms with Gasteiger partial charge in [0, 0.05) is 11.0 Å². The Morgan fingerprint density at radius 1 is 1.27 bits per heavy atom. The topological polar surface area (TPSA) is 46.6 Å². The molecule has 0 N–H and O–H groups in total. The molecule has 5 heteroatoms. The predicted molar refractivity (Wildman–Crippen MR) is 55.6 cm³/mol. The van der Waals surface area contributed by atoms with Crippen molar-refractivity contribution in [2.24, 2.45) is 0 Å². The third-order valence-electron chi connectivity index (χ3n) is 2.17. The number of nitrogens with zero attached hydrogens (tertiary/aromatic N) is 1. The average molecular weight is 224 g/mol. The van der Waals surface area contributed by atoms with E-state index in [0.29, 0.717) is 18.7 Å². The molecule has 0 aliphatic carbocycles. The molecule has 1 aromatic carbocycles. The Hall–Kier alpha value is -1.41. The number of benzene rings is 1. The minimum atomic E-state index is -2.06. The second-order valence-electron chi connectivity index (χ2n) is 3.26. The molecule has 4 nitrogen and oxygen atoms in total. The van der Waals surface area contributed by atoms with Crippen molar-refractivity contribution in [1.82, 2.24) is 4.67 Å². The fraction of sp³-hybridized carbons (Fsp3) is 0.300. The van der Waals surface area contributed by atoms with Crippen molar-refractivity contribution in [3.05, 3.63) is 30.3 Å². The first-order valence-electron chi connectivity index (χ1n) is 4.78. The van der Waals surface area contributed by atoms with E-state index in [1.807, 2.05) is 6.07 Å². The summed E-state index contributed by atoms with van der Waals surface area (Å²) in [5.74, 6) is 0.436. The highest BCUT2D eigenvalue weighted by Gasteiger charge is 2.39. The van der Waals surface area contributed by atoms with Gasteiger partial charge in [-0.25, -0.2) is 4.52 Å². The summed E-state index contributed by atoms with van der Waals surface area (Å²) < 4.78 is 18.1. The van der Waals surface area contributed by atoms with Crippen LogP contribution >= 0.6 is 8.18 Å². The smallest absolute Gasteiger partial charge is 0.271 e. The zero-order valence-corrected chi connectivity index (χ0v) is 9.02. The number of amides is 1. The van der Waals surface area contributed by atoms with Gasteiger partial charge in [0.25, 0.3) is 5.91 Å². The highest BCUT2D eigenvalue weighted by Crippen LogP contribution is 2.34. The maximum Gasteiger partial charge on any atom is 0.699 e. The van der Waals surface area contributed by atoms with Crippen LogP contribution in [0.2, 0.25) is 0 Å². The average Bonchev–Trinajstić information content (AvgIpc) is 2.66. The summed E-state index contributed by atoms with van der Waals surface area (Å²) in [6, 6.07) is 8.87. The second kappa shape index (κ2) is 4.41. The van der Waals surface area contributed by atoms with Crippen molar-refractivity contribution in [2.75, 3.05) is 6.54 Å². The van der Waals surface area contributed by atoms with Gasteiger partial charge in [-0.05, 0) is 18.6 Å². The van der Waals surface area contributed by atoms with E-state index < -0.39 is 8.18 Å². The highest BCUT2D eigenvalue weighted by atomic mass is 31.1. The summed E-state index contributed by atoms with van der Waals surface area (Å²) in [6.45, 7) is 0.529. The summed E-state index contributed by atoms with van der Waals surface area (Å²) in [6.07, 6.45) is 1.23. The van der Waals surface area contributed by atoms with Crippen LogP contribution in [0.25, 0.3) is 0 Å². The third-order valence-corrected chi connectivity index (χ3v) is 3.36. The number of carbonyl (C=O) groups is 1. The van der Waals surface area contributed by atoms with Crippen molar-refractivity contribution in [1.29, 1.82) is 0 Å². The third kappa shape index (κ3) is 2.34. The van der Waals surface area contributed by atoms with Crippen molar-refractivity contribution >= 4 is 14.1 Å². The molecule has 1 aromatic rings. The van der Waals surface area contributed by atoms with Gasteiger partial charge in [-0.3, -0.25) is 4.79 Å². The fourth-order valence-electron chi connectivity index (χ4n) is 1.43. The molecular formula is C10H11NO3P+. The molecule has 1 aliphatic rings. The normalized spacial score (nSPS) is 16.7. The van der Waals surface area contributed by atoms with Gasteiger partial charge in [0.15, 0.2) is 5.75 Å². The van der Waals surface area contributed by atoms with Gasteiger partial charge in [0.1, 0.15) is 0 Å².